The minimum atomic E-state index is -0.277. The Hall–Kier alpha value is -2.14. The van der Waals surface area contributed by atoms with E-state index < -0.39 is 0 Å². The Morgan fingerprint density at radius 3 is 2.75 bits per heavy atom. The van der Waals surface area contributed by atoms with Gasteiger partial charge in [0.25, 0.3) is 0 Å². The fraction of sp³-hybridized carbons (Fsp3) is 0.474. The molecule has 0 aliphatic carbocycles. The molecule has 3 heterocycles. The van der Waals surface area contributed by atoms with Crippen molar-refractivity contribution in [3.05, 3.63) is 54.1 Å². The molecule has 4 rings (SSSR count). The van der Waals surface area contributed by atoms with Gasteiger partial charge in [-0.1, -0.05) is 30.3 Å². The summed E-state index contributed by atoms with van der Waals surface area (Å²) >= 11 is 0. The molecule has 0 radical (unpaired) electrons. The standard InChI is InChI=1S/C19H24N4O/c1-21-11-9-20-17(21)13-23-10-8-19(14-23)16(12-22(2)18(19)24)15-6-4-3-5-7-15/h3-7,9,11,16H,8,10,12-14H2,1-2H3/t16-,19+/m0/s1. The maximum absolute atomic E-state index is 13.0. The Bertz CT molecular complexity index is 741. The highest BCUT2D eigenvalue weighted by atomic mass is 16.2. The second-order valence-electron chi connectivity index (χ2n) is 7.22. The van der Waals surface area contributed by atoms with Crippen LogP contribution in [-0.4, -0.2) is 51.9 Å². The van der Waals surface area contributed by atoms with Gasteiger partial charge in [0.2, 0.25) is 5.91 Å². The molecule has 2 saturated heterocycles. The van der Waals surface area contributed by atoms with E-state index in [1.54, 1.807) is 0 Å². The minimum Gasteiger partial charge on any atom is -0.345 e. The molecule has 5 heteroatoms. The zero-order chi connectivity index (χ0) is 16.7. The van der Waals surface area contributed by atoms with Gasteiger partial charge in [-0.05, 0) is 18.5 Å². The van der Waals surface area contributed by atoms with Crippen LogP contribution in [0.25, 0.3) is 0 Å². The molecule has 0 saturated carbocycles. The van der Waals surface area contributed by atoms with E-state index in [0.29, 0.717) is 5.91 Å². The van der Waals surface area contributed by atoms with Crippen molar-refractivity contribution in [1.82, 2.24) is 19.4 Å². The van der Waals surface area contributed by atoms with E-state index in [0.717, 1.165) is 38.4 Å². The number of benzene rings is 1. The van der Waals surface area contributed by atoms with Crippen molar-refractivity contribution in [3.8, 4) is 0 Å². The van der Waals surface area contributed by atoms with E-state index in [1.807, 2.05) is 37.5 Å². The summed E-state index contributed by atoms with van der Waals surface area (Å²) in [4.78, 5) is 21.7. The lowest BCUT2D eigenvalue weighted by Crippen LogP contribution is -2.38. The summed E-state index contributed by atoms with van der Waals surface area (Å²) in [6.07, 6.45) is 4.74. The zero-order valence-electron chi connectivity index (χ0n) is 14.4. The third kappa shape index (κ3) is 2.35. The molecule has 2 atom stereocenters. The number of aryl methyl sites for hydroxylation is 1. The van der Waals surface area contributed by atoms with Gasteiger partial charge in [0, 0.05) is 45.5 Å². The fourth-order valence-electron chi connectivity index (χ4n) is 4.43. The van der Waals surface area contributed by atoms with Crippen LogP contribution >= 0.6 is 0 Å². The van der Waals surface area contributed by atoms with Gasteiger partial charge < -0.3 is 9.47 Å². The van der Waals surface area contributed by atoms with E-state index in [1.165, 1.54) is 5.56 Å². The van der Waals surface area contributed by atoms with Crippen molar-refractivity contribution in [3.63, 3.8) is 0 Å². The Morgan fingerprint density at radius 1 is 1.25 bits per heavy atom. The molecule has 0 unspecified atom stereocenters. The van der Waals surface area contributed by atoms with E-state index in [2.05, 4.69) is 38.7 Å². The Balaban J connectivity index is 1.60. The number of aromatic nitrogens is 2. The van der Waals surface area contributed by atoms with Crippen LogP contribution in [-0.2, 0) is 18.4 Å². The lowest BCUT2D eigenvalue weighted by Gasteiger charge is -2.28. The van der Waals surface area contributed by atoms with Crippen LogP contribution in [0.4, 0.5) is 0 Å². The molecule has 126 valence electrons. The molecule has 0 N–H and O–H groups in total. The van der Waals surface area contributed by atoms with Crippen molar-refractivity contribution in [1.29, 1.82) is 0 Å². The summed E-state index contributed by atoms with van der Waals surface area (Å²) in [5.74, 6) is 1.64. The van der Waals surface area contributed by atoms with E-state index >= 15 is 0 Å². The molecule has 24 heavy (non-hydrogen) atoms. The molecular formula is C19H24N4O. The van der Waals surface area contributed by atoms with Gasteiger partial charge in [-0.15, -0.1) is 0 Å². The Labute approximate surface area is 142 Å². The highest BCUT2D eigenvalue weighted by Gasteiger charge is 2.56. The minimum absolute atomic E-state index is 0.277. The number of likely N-dealkylation sites (N-methyl/N-ethyl adjacent to an activating group) is 1. The number of carbonyl (C=O) groups excluding carboxylic acids is 1. The first-order valence-corrected chi connectivity index (χ1v) is 8.59. The quantitative estimate of drug-likeness (QED) is 0.865. The molecule has 2 aliphatic rings. The van der Waals surface area contributed by atoms with Crippen molar-refractivity contribution in [2.45, 2.75) is 18.9 Å². The van der Waals surface area contributed by atoms with Gasteiger partial charge in [0.1, 0.15) is 5.82 Å². The van der Waals surface area contributed by atoms with Gasteiger partial charge in [-0.2, -0.15) is 0 Å². The first kappa shape index (κ1) is 15.4. The van der Waals surface area contributed by atoms with Crippen LogP contribution in [0.1, 0.15) is 23.7 Å². The smallest absolute Gasteiger partial charge is 0.230 e. The van der Waals surface area contributed by atoms with Crippen LogP contribution < -0.4 is 0 Å². The summed E-state index contributed by atoms with van der Waals surface area (Å²) < 4.78 is 2.06. The van der Waals surface area contributed by atoms with Crippen LogP contribution in [0.2, 0.25) is 0 Å². The lowest BCUT2D eigenvalue weighted by atomic mass is 9.73. The molecule has 1 aromatic carbocycles. The fourth-order valence-corrected chi connectivity index (χ4v) is 4.43. The highest BCUT2D eigenvalue weighted by molar-refractivity contribution is 5.87. The average molecular weight is 324 g/mol. The number of hydrogen-bond acceptors (Lipinski definition) is 3. The summed E-state index contributed by atoms with van der Waals surface area (Å²) in [7, 11) is 3.96. The van der Waals surface area contributed by atoms with Crippen LogP contribution in [0.5, 0.6) is 0 Å². The van der Waals surface area contributed by atoms with E-state index in [4.69, 9.17) is 0 Å². The number of amides is 1. The number of carbonyl (C=O) groups is 1. The van der Waals surface area contributed by atoms with Gasteiger partial charge in [0.05, 0.1) is 12.0 Å². The lowest BCUT2D eigenvalue weighted by molar-refractivity contribution is -0.134. The number of nitrogens with zero attached hydrogens (tertiary/aromatic N) is 4. The van der Waals surface area contributed by atoms with Crippen molar-refractivity contribution >= 4 is 5.91 Å². The summed E-state index contributed by atoms with van der Waals surface area (Å²) in [6.45, 7) is 3.40. The van der Waals surface area contributed by atoms with Gasteiger partial charge >= 0.3 is 0 Å². The van der Waals surface area contributed by atoms with E-state index in [-0.39, 0.29) is 11.3 Å². The summed E-state index contributed by atoms with van der Waals surface area (Å²) in [5, 5.41) is 0. The van der Waals surface area contributed by atoms with Crippen molar-refractivity contribution < 1.29 is 4.79 Å². The normalized spacial score (nSPS) is 27.5. The van der Waals surface area contributed by atoms with Crippen molar-refractivity contribution in [2.24, 2.45) is 12.5 Å². The van der Waals surface area contributed by atoms with Gasteiger partial charge in [0.15, 0.2) is 0 Å². The maximum atomic E-state index is 13.0. The highest BCUT2D eigenvalue weighted by Crippen LogP contribution is 2.49. The summed E-state index contributed by atoms with van der Waals surface area (Å²) in [6, 6.07) is 10.5. The average Bonchev–Trinajstić information content (AvgIpc) is 3.26. The molecule has 0 bridgehead atoms. The molecule has 2 aromatic rings. The molecule has 1 aromatic heterocycles. The number of hydrogen-bond donors (Lipinski definition) is 0. The predicted molar refractivity (Wildman–Crippen MR) is 92.4 cm³/mol. The second-order valence-corrected chi connectivity index (χ2v) is 7.22. The first-order valence-electron chi connectivity index (χ1n) is 8.59. The molecule has 1 amide bonds. The van der Waals surface area contributed by atoms with Crippen LogP contribution in [0, 0.1) is 5.41 Å². The second kappa shape index (κ2) is 5.74. The van der Waals surface area contributed by atoms with Crippen molar-refractivity contribution in [2.75, 3.05) is 26.7 Å². The molecule has 2 aliphatic heterocycles. The van der Waals surface area contributed by atoms with Gasteiger partial charge in [-0.3, -0.25) is 9.69 Å². The third-order valence-electron chi connectivity index (χ3n) is 5.76. The Morgan fingerprint density at radius 2 is 2.04 bits per heavy atom. The first-order chi connectivity index (χ1) is 11.6. The third-order valence-corrected chi connectivity index (χ3v) is 5.76. The maximum Gasteiger partial charge on any atom is 0.230 e. The van der Waals surface area contributed by atoms with Crippen LogP contribution in [0.3, 0.4) is 0 Å². The molecule has 2 fully saturated rings. The molecular weight excluding hydrogens is 300 g/mol. The zero-order valence-corrected chi connectivity index (χ0v) is 14.4. The SMILES string of the molecule is CN1C[C@@H](c2ccccc2)[C@]2(CCN(Cc3nccn3C)C2)C1=O. The van der Waals surface area contributed by atoms with Crippen LogP contribution in [0.15, 0.2) is 42.7 Å². The topological polar surface area (TPSA) is 41.4 Å². The summed E-state index contributed by atoms with van der Waals surface area (Å²) in [5.41, 5.74) is 1.01. The Kier molecular flexibility index (Phi) is 3.68. The predicted octanol–water partition coefficient (Wildman–Crippen LogP) is 1.87. The number of rotatable bonds is 3. The molecule has 1 spiro atoms. The number of likely N-dealkylation sites (tertiary alicyclic amines) is 2. The number of imidazole rings is 1. The largest absolute Gasteiger partial charge is 0.345 e. The monoisotopic (exact) mass is 324 g/mol. The van der Waals surface area contributed by atoms with Gasteiger partial charge in [-0.25, -0.2) is 4.98 Å². The van der Waals surface area contributed by atoms with E-state index in [9.17, 15) is 4.79 Å². The molecule has 5 nitrogen and oxygen atoms in total.